The molecule has 0 bridgehead atoms. The Balaban J connectivity index is 1.65. The predicted octanol–water partition coefficient (Wildman–Crippen LogP) is 3.77. The summed E-state index contributed by atoms with van der Waals surface area (Å²) >= 11 is 6.08. The van der Waals surface area contributed by atoms with Crippen LogP contribution >= 0.6 is 11.6 Å². The Morgan fingerprint density at radius 2 is 1.89 bits per heavy atom. The van der Waals surface area contributed by atoms with Crippen LogP contribution in [0.3, 0.4) is 0 Å². The van der Waals surface area contributed by atoms with Crippen molar-refractivity contribution >= 4 is 28.7 Å². The average Bonchev–Trinajstić information content (AvgIpc) is 3.18. The van der Waals surface area contributed by atoms with Crippen LogP contribution in [0.5, 0.6) is 0 Å². The number of hydrogen-bond donors (Lipinski definition) is 0. The highest BCUT2D eigenvalue weighted by Crippen LogP contribution is 2.33. The van der Waals surface area contributed by atoms with Crippen LogP contribution in [0.2, 0.25) is 5.15 Å². The summed E-state index contributed by atoms with van der Waals surface area (Å²) in [6, 6.07) is 3.94. The second-order valence-electron chi connectivity index (χ2n) is 7.04. The van der Waals surface area contributed by atoms with Gasteiger partial charge in [-0.15, -0.1) is 0 Å². The molecule has 1 amide bonds. The number of hydroxylamine groups is 2. The molecular formula is C19H20ClN5O2. The van der Waals surface area contributed by atoms with E-state index in [1.54, 1.807) is 10.9 Å². The molecule has 3 aromatic rings. The van der Waals surface area contributed by atoms with E-state index in [9.17, 15) is 4.79 Å². The van der Waals surface area contributed by atoms with Gasteiger partial charge in [-0.1, -0.05) is 29.3 Å². The average molecular weight is 386 g/mol. The number of amides is 1. The first-order valence-corrected chi connectivity index (χ1v) is 9.16. The Labute approximate surface area is 161 Å². The molecule has 1 saturated heterocycles. The van der Waals surface area contributed by atoms with Crippen molar-refractivity contribution in [3.8, 4) is 0 Å². The van der Waals surface area contributed by atoms with E-state index in [4.69, 9.17) is 16.4 Å². The molecule has 0 unspecified atom stereocenters. The van der Waals surface area contributed by atoms with E-state index < -0.39 is 0 Å². The highest BCUT2D eigenvalue weighted by Gasteiger charge is 2.37. The third-order valence-corrected chi connectivity index (χ3v) is 5.17. The number of rotatable bonds is 2. The van der Waals surface area contributed by atoms with Gasteiger partial charge in [-0.05, 0) is 38.8 Å². The van der Waals surface area contributed by atoms with Gasteiger partial charge in [-0.25, -0.2) is 24.9 Å². The summed E-state index contributed by atoms with van der Waals surface area (Å²) in [5, 5.41) is 1.76. The van der Waals surface area contributed by atoms with Crippen molar-refractivity contribution in [2.75, 3.05) is 0 Å². The smallest absolute Gasteiger partial charge is 0.278 e. The highest BCUT2D eigenvalue weighted by molar-refractivity contribution is 6.33. The molecule has 1 aliphatic heterocycles. The summed E-state index contributed by atoms with van der Waals surface area (Å²) in [5.41, 5.74) is 4.83. The van der Waals surface area contributed by atoms with Gasteiger partial charge in [0, 0.05) is 12.0 Å². The van der Waals surface area contributed by atoms with Crippen LogP contribution in [0.25, 0.3) is 11.2 Å². The van der Waals surface area contributed by atoms with Crippen LogP contribution in [0, 0.1) is 20.8 Å². The number of benzene rings is 1. The van der Waals surface area contributed by atoms with E-state index in [1.165, 1.54) is 11.4 Å². The van der Waals surface area contributed by atoms with Crippen LogP contribution in [0.15, 0.2) is 24.8 Å². The molecule has 3 heterocycles. The Kier molecular flexibility index (Phi) is 4.36. The zero-order valence-corrected chi connectivity index (χ0v) is 16.4. The molecule has 2 atom stereocenters. The van der Waals surface area contributed by atoms with Gasteiger partial charge in [0.2, 0.25) is 0 Å². The van der Waals surface area contributed by atoms with E-state index in [0.29, 0.717) is 28.3 Å². The maximum atomic E-state index is 13.2. The van der Waals surface area contributed by atoms with Gasteiger partial charge in [-0.2, -0.15) is 0 Å². The SMILES string of the molecule is Cc1cc(C)c(C(=O)N2O[C@@H](n3cnc4c(Cl)ncnc43)C[C@H]2C)c(C)c1. The van der Waals surface area contributed by atoms with Crippen molar-refractivity contribution in [3.63, 3.8) is 0 Å². The third-order valence-electron chi connectivity index (χ3n) is 4.89. The van der Waals surface area contributed by atoms with Gasteiger partial charge in [0.1, 0.15) is 11.8 Å². The molecular weight excluding hydrogens is 366 g/mol. The summed E-state index contributed by atoms with van der Waals surface area (Å²) in [4.78, 5) is 31.7. The fourth-order valence-electron chi connectivity index (χ4n) is 3.74. The summed E-state index contributed by atoms with van der Waals surface area (Å²) in [6.07, 6.45) is 3.26. The maximum Gasteiger partial charge on any atom is 0.278 e. The Bertz CT molecular complexity index is 1020. The number of halogens is 1. The fraction of sp³-hybridized carbons (Fsp3) is 0.368. The molecule has 7 nitrogen and oxygen atoms in total. The molecule has 1 aromatic carbocycles. The Morgan fingerprint density at radius 3 is 2.59 bits per heavy atom. The molecule has 1 aliphatic rings. The zero-order valence-electron chi connectivity index (χ0n) is 15.6. The van der Waals surface area contributed by atoms with Crippen LogP contribution in [-0.2, 0) is 4.84 Å². The lowest BCUT2D eigenvalue weighted by molar-refractivity contribution is -0.146. The van der Waals surface area contributed by atoms with Gasteiger partial charge < -0.3 is 0 Å². The lowest BCUT2D eigenvalue weighted by Gasteiger charge is -2.22. The number of aromatic nitrogens is 4. The van der Waals surface area contributed by atoms with Gasteiger partial charge in [0.05, 0.1) is 12.4 Å². The maximum absolute atomic E-state index is 13.2. The van der Waals surface area contributed by atoms with Gasteiger partial charge in [-0.3, -0.25) is 9.36 Å². The summed E-state index contributed by atoms with van der Waals surface area (Å²) in [6.45, 7) is 7.90. The summed E-state index contributed by atoms with van der Waals surface area (Å²) in [7, 11) is 0. The summed E-state index contributed by atoms with van der Waals surface area (Å²) in [5.74, 6) is -0.128. The second kappa shape index (κ2) is 6.58. The van der Waals surface area contributed by atoms with Crippen LogP contribution in [0.1, 0.15) is 46.6 Å². The highest BCUT2D eigenvalue weighted by atomic mass is 35.5. The van der Waals surface area contributed by atoms with Crippen molar-refractivity contribution in [3.05, 3.63) is 52.2 Å². The second-order valence-corrected chi connectivity index (χ2v) is 7.40. The number of carbonyl (C=O) groups is 1. The van der Waals surface area contributed by atoms with Crippen LogP contribution in [-0.4, -0.2) is 36.5 Å². The number of imidazole rings is 1. The van der Waals surface area contributed by atoms with E-state index >= 15 is 0 Å². The lowest BCUT2D eigenvalue weighted by Crippen LogP contribution is -2.33. The molecule has 140 valence electrons. The van der Waals surface area contributed by atoms with Crippen molar-refractivity contribution < 1.29 is 9.63 Å². The van der Waals surface area contributed by atoms with Gasteiger partial charge in [0.25, 0.3) is 5.91 Å². The molecule has 27 heavy (non-hydrogen) atoms. The monoisotopic (exact) mass is 385 g/mol. The number of fused-ring (bicyclic) bond motifs is 1. The largest absolute Gasteiger partial charge is 0.285 e. The van der Waals surface area contributed by atoms with Crippen molar-refractivity contribution in [1.29, 1.82) is 0 Å². The predicted molar refractivity (Wildman–Crippen MR) is 101 cm³/mol. The normalized spacial score (nSPS) is 19.8. The van der Waals surface area contributed by atoms with Crippen molar-refractivity contribution in [1.82, 2.24) is 24.6 Å². The van der Waals surface area contributed by atoms with Crippen LogP contribution < -0.4 is 0 Å². The van der Waals surface area contributed by atoms with Crippen molar-refractivity contribution in [2.24, 2.45) is 0 Å². The number of hydrogen-bond acceptors (Lipinski definition) is 5. The van der Waals surface area contributed by atoms with Crippen LogP contribution in [0.4, 0.5) is 0 Å². The minimum absolute atomic E-state index is 0.0858. The Morgan fingerprint density at radius 1 is 1.19 bits per heavy atom. The molecule has 0 aliphatic carbocycles. The van der Waals surface area contributed by atoms with Gasteiger partial charge in [0.15, 0.2) is 17.0 Å². The molecule has 8 heteroatoms. The first-order valence-electron chi connectivity index (χ1n) is 8.78. The molecule has 0 N–H and O–H groups in total. The zero-order chi connectivity index (χ0) is 19.3. The molecule has 2 aromatic heterocycles. The van der Waals surface area contributed by atoms with Gasteiger partial charge >= 0.3 is 0 Å². The standard InChI is InChI=1S/C19H20ClN5O2/c1-10-5-11(2)15(12(3)6-10)19(26)25-13(4)7-14(27-25)24-9-23-16-17(20)21-8-22-18(16)24/h5-6,8-9,13-14H,7H2,1-4H3/t13-,14-/m1/s1. The summed E-state index contributed by atoms with van der Waals surface area (Å²) < 4.78 is 1.79. The quantitative estimate of drug-likeness (QED) is 0.628. The number of nitrogens with zero attached hydrogens (tertiary/aromatic N) is 5. The molecule has 0 radical (unpaired) electrons. The lowest BCUT2D eigenvalue weighted by atomic mass is 9.99. The number of carbonyl (C=O) groups excluding carboxylic acids is 1. The van der Waals surface area contributed by atoms with E-state index in [-0.39, 0.29) is 18.2 Å². The molecule has 4 rings (SSSR count). The fourth-order valence-corrected chi connectivity index (χ4v) is 3.92. The minimum Gasteiger partial charge on any atom is -0.285 e. The Hall–Kier alpha value is -2.51. The topological polar surface area (TPSA) is 73.1 Å². The minimum atomic E-state index is -0.383. The van der Waals surface area contributed by atoms with E-state index in [0.717, 1.165) is 16.7 Å². The molecule has 0 spiro atoms. The first kappa shape index (κ1) is 17.9. The molecule has 1 fully saturated rings. The third kappa shape index (κ3) is 2.96. The van der Waals surface area contributed by atoms with Crippen molar-refractivity contribution in [2.45, 2.75) is 46.4 Å². The van der Waals surface area contributed by atoms with E-state index in [1.807, 2.05) is 39.8 Å². The van der Waals surface area contributed by atoms with E-state index in [2.05, 4.69) is 15.0 Å². The first-order chi connectivity index (χ1) is 12.9. The molecule has 0 saturated carbocycles. The number of aryl methyl sites for hydroxylation is 3.